The molecule has 11 heavy (non-hydrogen) atoms. The van der Waals surface area contributed by atoms with Crippen molar-refractivity contribution in [3.63, 3.8) is 0 Å². The Hall–Kier alpha value is 0.110. The molecule has 1 atom stereocenters. The summed E-state index contributed by atoms with van der Waals surface area (Å²) in [4.78, 5) is 17.5. The van der Waals surface area contributed by atoms with Crippen molar-refractivity contribution >= 4 is 7.60 Å². The standard InChI is InChI=1S/C6H15O4P/c1-5(2,3)6(4,7)11(8,9)10/h7H,1-4H3,(H2,8,9,10)/t6-/m0/s1. The van der Waals surface area contributed by atoms with Gasteiger partial charge in [-0.3, -0.25) is 4.57 Å². The number of hydrogen-bond donors (Lipinski definition) is 3. The SMILES string of the molecule is CC(C)(C)[C@@](C)(O)P(=O)(O)O. The molecule has 0 radical (unpaired) electrons. The molecular weight excluding hydrogens is 167 g/mol. The minimum Gasteiger partial charge on any atom is -0.377 e. The van der Waals surface area contributed by atoms with E-state index in [1.54, 1.807) is 20.8 Å². The molecule has 0 saturated heterocycles. The topological polar surface area (TPSA) is 77.8 Å². The van der Waals surface area contributed by atoms with Crippen molar-refractivity contribution in [2.75, 3.05) is 0 Å². The fourth-order valence-corrected chi connectivity index (χ4v) is 1.31. The Balaban J connectivity index is 4.91. The van der Waals surface area contributed by atoms with Crippen LogP contribution in [0.1, 0.15) is 27.7 Å². The first kappa shape index (κ1) is 11.1. The maximum absolute atomic E-state index is 10.7. The minimum absolute atomic E-state index is 0.827. The van der Waals surface area contributed by atoms with Gasteiger partial charge in [-0.1, -0.05) is 20.8 Å². The molecule has 0 aromatic carbocycles. The van der Waals surface area contributed by atoms with Crippen LogP contribution < -0.4 is 0 Å². The van der Waals surface area contributed by atoms with Gasteiger partial charge in [0.05, 0.1) is 0 Å². The Morgan fingerprint density at radius 1 is 1.09 bits per heavy atom. The largest absolute Gasteiger partial charge is 0.377 e. The summed E-state index contributed by atoms with van der Waals surface area (Å²) in [6.45, 7) is 5.87. The van der Waals surface area contributed by atoms with Crippen LogP contribution in [0, 0.1) is 5.41 Å². The summed E-state index contributed by atoms with van der Waals surface area (Å²) < 4.78 is 10.7. The van der Waals surface area contributed by atoms with Crippen molar-refractivity contribution in [3.8, 4) is 0 Å². The Kier molecular flexibility index (Phi) is 2.58. The second-order valence-electron chi connectivity index (χ2n) is 3.81. The molecular formula is C6H15O4P. The first-order chi connectivity index (χ1) is 4.50. The van der Waals surface area contributed by atoms with Gasteiger partial charge in [0.2, 0.25) is 0 Å². The highest BCUT2D eigenvalue weighted by molar-refractivity contribution is 7.53. The Morgan fingerprint density at radius 2 is 1.36 bits per heavy atom. The molecule has 3 N–H and O–H groups in total. The monoisotopic (exact) mass is 182 g/mol. The first-order valence-electron chi connectivity index (χ1n) is 3.28. The smallest absolute Gasteiger partial charge is 0.357 e. The summed E-state index contributed by atoms with van der Waals surface area (Å²) in [5, 5.41) is 7.47. The van der Waals surface area contributed by atoms with Crippen LogP contribution in [0.15, 0.2) is 0 Å². The highest BCUT2D eigenvalue weighted by Crippen LogP contribution is 2.56. The van der Waals surface area contributed by atoms with E-state index in [4.69, 9.17) is 9.79 Å². The van der Waals surface area contributed by atoms with Gasteiger partial charge in [-0.25, -0.2) is 0 Å². The Bertz CT molecular complexity index is 185. The lowest BCUT2D eigenvalue weighted by molar-refractivity contribution is 0.0113. The van der Waals surface area contributed by atoms with E-state index in [1.165, 1.54) is 0 Å². The van der Waals surface area contributed by atoms with Crippen molar-refractivity contribution < 1.29 is 19.5 Å². The van der Waals surface area contributed by atoms with Crippen LogP contribution in [0.3, 0.4) is 0 Å². The predicted octanol–water partition coefficient (Wildman–Crippen LogP) is 0.919. The molecule has 0 amide bonds. The third-order valence-corrected chi connectivity index (χ3v) is 3.79. The maximum atomic E-state index is 10.7. The van der Waals surface area contributed by atoms with E-state index < -0.39 is 18.4 Å². The Labute approximate surface area is 66.4 Å². The van der Waals surface area contributed by atoms with E-state index in [0.717, 1.165) is 6.92 Å². The van der Waals surface area contributed by atoms with E-state index >= 15 is 0 Å². The normalized spacial score (nSPS) is 19.5. The number of hydrogen-bond acceptors (Lipinski definition) is 2. The van der Waals surface area contributed by atoms with Crippen molar-refractivity contribution in [1.82, 2.24) is 0 Å². The highest BCUT2D eigenvalue weighted by atomic mass is 31.2. The van der Waals surface area contributed by atoms with Gasteiger partial charge in [-0.05, 0) is 6.92 Å². The van der Waals surface area contributed by atoms with E-state index in [2.05, 4.69) is 0 Å². The van der Waals surface area contributed by atoms with Gasteiger partial charge in [0, 0.05) is 5.41 Å². The van der Waals surface area contributed by atoms with Crippen LogP contribution in [0.5, 0.6) is 0 Å². The average Bonchev–Trinajstić information content (AvgIpc) is 1.58. The van der Waals surface area contributed by atoms with Crippen LogP contribution in [-0.2, 0) is 4.57 Å². The lowest BCUT2D eigenvalue weighted by Gasteiger charge is -2.36. The zero-order valence-electron chi connectivity index (χ0n) is 7.20. The van der Waals surface area contributed by atoms with Crippen LogP contribution in [0.25, 0.3) is 0 Å². The highest BCUT2D eigenvalue weighted by Gasteiger charge is 2.49. The molecule has 0 aliphatic heterocycles. The van der Waals surface area contributed by atoms with E-state index in [0.29, 0.717) is 0 Å². The summed E-state index contributed by atoms with van der Waals surface area (Å²) in [7, 11) is -4.43. The van der Waals surface area contributed by atoms with Gasteiger partial charge in [-0.15, -0.1) is 0 Å². The van der Waals surface area contributed by atoms with Crippen molar-refractivity contribution in [2.45, 2.75) is 33.0 Å². The molecule has 0 spiro atoms. The molecule has 68 valence electrons. The van der Waals surface area contributed by atoms with Crippen molar-refractivity contribution in [1.29, 1.82) is 0 Å². The minimum atomic E-state index is -4.43. The van der Waals surface area contributed by atoms with Crippen LogP contribution in [0.2, 0.25) is 0 Å². The quantitative estimate of drug-likeness (QED) is 0.527. The van der Waals surface area contributed by atoms with E-state index in [1.807, 2.05) is 0 Å². The van der Waals surface area contributed by atoms with Gasteiger partial charge in [0.15, 0.2) is 5.34 Å². The molecule has 0 fully saturated rings. The fourth-order valence-electron chi connectivity index (χ4n) is 0.437. The summed E-state index contributed by atoms with van der Waals surface area (Å²) in [6, 6.07) is 0. The molecule has 5 heteroatoms. The van der Waals surface area contributed by atoms with Gasteiger partial charge >= 0.3 is 7.60 Å². The third kappa shape index (κ3) is 2.03. The summed E-state index contributed by atoms with van der Waals surface area (Å²) in [5.74, 6) is 0. The molecule has 0 rings (SSSR count). The van der Waals surface area contributed by atoms with Crippen LogP contribution >= 0.6 is 7.60 Å². The number of aliphatic hydroxyl groups is 1. The molecule has 0 unspecified atom stereocenters. The van der Waals surface area contributed by atoms with Gasteiger partial charge < -0.3 is 14.9 Å². The molecule has 0 saturated carbocycles. The molecule has 0 bridgehead atoms. The van der Waals surface area contributed by atoms with Gasteiger partial charge in [0.25, 0.3) is 0 Å². The van der Waals surface area contributed by atoms with Crippen molar-refractivity contribution in [3.05, 3.63) is 0 Å². The average molecular weight is 182 g/mol. The summed E-state index contributed by atoms with van der Waals surface area (Å²) >= 11 is 0. The van der Waals surface area contributed by atoms with E-state index in [-0.39, 0.29) is 0 Å². The second-order valence-corrected chi connectivity index (χ2v) is 5.77. The molecule has 0 aliphatic rings. The maximum Gasteiger partial charge on any atom is 0.357 e. The molecule has 0 aromatic heterocycles. The summed E-state index contributed by atoms with van der Waals surface area (Å²) in [5.41, 5.74) is -0.827. The van der Waals surface area contributed by atoms with Gasteiger partial charge in [0.1, 0.15) is 0 Å². The predicted molar refractivity (Wildman–Crippen MR) is 42.1 cm³/mol. The third-order valence-electron chi connectivity index (χ3n) is 1.99. The number of rotatable bonds is 1. The zero-order chi connectivity index (χ0) is 9.50. The second kappa shape index (κ2) is 2.56. The summed E-state index contributed by atoms with van der Waals surface area (Å²) in [6.07, 6.45) is 0. The molecule has 4 nitrogen and oxygen atoms in total. The molecule has 0 heterocycles. The lowest BCUT2D eigenvalue weighted by atomic mass is 9.90. The van der Waals surface area contributed by atoms with Crippen LogP contribution in [-0.4, -0.2) is 20.2 Å². The van der Waals surface area contributed by atoms with Gasteiger partial charge in [-0.2, -0.15) is 0 Å². The zero-order valence-corrected chi connectivity index (χ0v) is 8.09. The lowest BCUT2D eigenvalue weighted by Crippen LogP contribution is -2.39. The van der Waals surface area contributed by atoms with Crippen molar-refractivity contribution in [2.24, 2.45) is 5.41 Å². The molecule has 0 aromatic rings. The Morgan fingerprint density at radius 3 is 1.36 bits per heavy atom. The fraction of sp³-hybridized carbons (Fsp3) is 1.00. The molecule has 0 aliphatic carbocycles. The van der Waals surface area contributed by atoms with E-state index in [9.17, 15) is 9.67 Å². The first-order valence-corrected chi connectivity index (χ1v) is 4.89. The van der Waals surface area contributed by atoms with Crippen LogP contribution in [0.4, 0.5) is 0 Å².